The number of hydrogen-bond acceptors (Lipinski definition) is 6. The number of nitrogens with two attached hydrogens (primary N) is 1. The van der Waals surface area contributed by atoms with E-state index in [9.17, 15) is 19.5 Å². The molecule has 3 aromatic carbocycles. The second-order valence-corrected chi connectivity index (χ2v) is 9.34. The maximum absolute atomic E-state index is 11.8. The van der Waals surface area contributed by atoms with E-state index in [-0.39, 0.29) is 12.2 Å². The van der Waals surface area contributed by atoms with Crippen LogP contribution in [0.3, 0.4) is 0 Å². The molecule has 0 aliphatic carbocycles. The van der Waals surface area contributed by atoms with E-state index in [2.05, 4.69) is 5.32 Å². The van der Waals surface area contributed by atoms with E-state index in [0.717, 1.165) is 11.1 Å². The average molecular weight is 507 g/mol. The molecule has 8 nitrogen and oxygen atoms in total. The molecule has 4 N–H and O–H groups in total. The summed E-state index contributed by atoms with van der Waals surface area (Å²) in [6.45, 7) is 7.15. The first-order chi connectivity index (χ1) is 17.4. The van der Waals surface area contributed by atoms with Gasteiger partial charge in [0, 0.05) is 17.7 Å². The third kappa shape index (κ3) is 11.3. The number of alkyl carbamates (subject to hydrolysis) is 1. The molecule has 8 heteroatoms. The molecule has 3 aromatic rings. The molecule has 0 spiro atoms. The summed E-state index contributed by atoms with van der Waals surface area (Å²) in [6.07, 6.45) is -0.606. The van der Waals surface area contributed by atoms with Gasteiger partial charge in [-0.25, -0.2) is 9.59 Å². The van der Waals surface area contributed by atoms with Gasteiger partial charge in [0.2, 0.25) is 0 Å². The third-order valence-electron chi connectivity index (χ3n) is 4.92. The molecule has 37 heavy (non-hydrogen) atoms. The zero-order chi connectivity index (χ0) is 27.4. The Bertz CT molecular complexity index is 1150. The van der Waals surface area contributed by atoms with Crippen LogP contribution < -0.4 is 15.8 Å². The van der Waals surface area contributed by atoms with Crippen molar-refractivity contribution in [2.45, 2.75) is 52.4 Å². The van der Waals surface area contributed by atoms with Gasteiger partial charge in [0.05, 0.1) is 0 Å². The predicted octanol–water partition coefficient (Wildman–Crippen LogP) is 5.26. The first kappa shape index (κ1) is 28.9. The molecular weight excluding hydrogens is 472 g/mol. The fourth-order valence-electron chi connectivity index (χ4n) is 3.07. The first-order valence-corrected chi connectivity index (χ1v) is 11.8. The molecule has 0 radical (unpaired) electrons. The lowest BCUT2D eigenvalue weighted by Crippen LogP contribution is -2.44. The summed E-state index contributed by atoms with van der Waals surface area (Å²) in [5, 5.41) is 11.7. The number of benzene rings is 3. The summed E-state index contributed by atoms with van der Waals surface area (Å²) in [6, 6.07) is 22.7. The standard InChI is InChI=1S/C21H25NO5.C8H9NO/c1-21(2,3)27-20(25)22-18(19(23)24)13-15-9-11-17(12-10-15)26-14-16-7-5-4-6-8-16;1-6(10)7-2-4-8(9)5-3-7/h4-12,18H,13-14H2,1-3H3,(H,22,25)(H,23,24);2-5H,9H2,1H3/t18-;/m0./s1. The van der Waals surface area contributed by atoms with Crippen LogP contribution in [0.5, 0.6) is 5.75 Å². The van der Waals surface area contributed by atoms with Gasteiger partial charge < -0.3 is 25.6 Å². The number of carbonyl (C=O) groups is 3. The van der Waals surface area contributed by atoms with Crippen LogP contribution in [-0.2, 0) is 22.6 Å². The van der Waals surface area contributed by atoms with E-state index >= 15 is 0 Å². The Morgan fingerprint density at radius 3 is 2.00 bits per heavy atom. The summed E-state index contributed by atoms with van der Waals surface area (Å²) in [4.78, 5) is 34.0. The van der Waals surface area contributed by atoms with E-state index in [0.29, 0.717) is 23.6 Å². The number of aliphatic carboxylic acids is 1. The Balaban J connectivity index is 0.000000402. The van der Waals surface area contributed by atoms with Crippen LogP contribution in [0, 0.1) is 0 Å². The Morgan fingerprint density at radius 1 is 0.892 bits per heavy atom. The van der Waals surface area contributed by atoms with Crippen LogP contribution >= 0.6 is 0 Å². The topological polar surface area (TPSA) is 128 Å². The number of hydrogen-bond donors (Lipinski definition) is 3. The molecule has 196 valence electrons. The summed E-state index contributed by atoms with van der Waals surface area (Å²) in [7, 11) is 0. The molecule has 0 unspecified atom stereocenters. The minimum absolute atomic E-state index is 0.0694. The highest BCUT2D eigenvalue weighted by Gasteiger charge is 2.24. The van der Waals surface area contributed by atoms with Crippen molar-refractivity contribution in [3.63, 3.8) is 0 Å². The number of Topliss-reactive ketones (excluding diaryl/α,β-unsaturated/α-hetero) is 1. The van der Waals surface area contributed by atoms with Crippen molar-refractivity contribution in [1.29, 1.82) is 0 Å². The number of carboxylic acid groups (broad SMARTS) is 1. The van der Waals surface area contributed by atoms with Gasteiger partial charge in [-0.2, -0.15) is 0 Å². The maximum Gasteiger partial charge on any atom is 0.408 e. The van der Waals surface area contributed by atoms with Crippen molar-refractivity contribution >= 4 is 23.5 Å². The maximum atomic E-state index is 11.8. The van der Waals surface area contributed by atoms with E-state index in [4.69, 9.17) is 15.2 Å². The number of carbonyl (C=O) groups excluding carboxylic acids is 2. The van der Waals surface area contributed by atoms with Gasteiger partial charge in [0.15, 0.2) is 5.78 Å². The normalized spacial score (nSPS) is 11.4. The number of ketones is 1. The van der Waals surface area contributed by atoms with E-state index < -0.39 is 23.7 Å². The lowest BCUT2D eigenvalue weighted by atomic mass is 10.1. The van der Waals surface area contributed by atoms with Gasteiger partial charge in [-0.3, -0.25) is 4.79 Å². The predicted molar refractivity (Wildman–Crippen MR) is 143 cm³/mol. The van der Waals surface area contributed by atoms with Gasteiger partial charge >= 0.3 is 12.1 Å². The average Bonchev–Trinajstić information content (AvgIpc) is 2.83. The van der Waals surface area contributed by atoms with E-state index in [1.807, 2.05) is 30.3 Å². The Morgan fingerprint density at radius 2 is 1.49 bits per heavy atom. The quantitative estimate of drug-likeness (QED) is 0.281. The highest BCUT2D eigenvalue weighted by molar-refractivity contribution is 5.94. The van der Waals surface area contributed by atoms with Gasteiger partial charge in [-0.15, -0.1) is 0 Å². The smallest absolute Gasteiger partial charge is 0.408 e. The highest BCUT2D eigenvalue weighted by atomic mass is 16.6. The number of carboxylic acids is 1. The molecule has 0 aliphatic heterocycles. The van der Waals surface area contributed by atoms with Crippen LogP contribution in [0.1, 0.15) is 49.2 Å². The molecule has 0 saturated carbocycles. The van der Waals surface area contributed by atoms with Crippen LogP contribution in [0.4, 0.5) is 10.5 Å². The molecule has 0 fully saturated rings. The van der Waals surface area contributed by atoms with Crippen molar-refractivity contribution in [2.24, 2.45) is 0 Å². The van der Waals surface area contributed by atoms with Crippen molar-refractivity contribution in [3.05, 3.63) is 95.6 Å². The Kier molecular flexibility index (Phi) is 10.7. The van der Waals surface area contributed by atoms with Gasteiger partial charge in [0.25, 0.3) is 0 Å². The minimum Gasteiger partial charge on any atom is -0.489 e. The molecule has 0 saturated heterocycles. The first-order valence-electron chi connectivity index (χ1n) is 11.8. The Labute approximate surface area is 217 Å². The second kappa shape index (κ2) is 13.7. The molecule has 3 rings (SSSR count). The number of anilines is 1. The Hall–Kier alpha value is -4.33. The summed E-state index contributed by atoms with van der Waals surface area (Å²) in [5.41, 5.74) is 7.95. The third-order valence-corrected chi connectivity index (χ3v) is 4.92. The number of amides is 1. The number of ether oxygens (including phenoxy) is 2. The summed E-state index contributed by atoms with van der Waals surface area (Å²) >= 11 is 0. The fraction of sp³-hybridized carbons (Fsp3) is 0.276. The van der Waals surface area contributed by atoms with Crippen LogP contribution in [0.15, 0.2) is 78.9 Å². The lowest BCUT2D eigenvalue weighted by molar-refractivity contribution is -0.139. The zero-order valence-electron chi connectivity index (χ0n) is 21.6. The van der Waals surface area contributed by atoms with Gasteiger partial charge in [-0.05, 0) is 75.2 Å². The number of nitrogens with one attached hydrogen (secondary N) is 1. The summed E-state index contributed by atoms with van der Waals surface area (Å²) in [5.74, 6) is -0.361. The zero-order valence-corrected chi connectivity index (χ0v) is 21.6. The minimum atomic E-state index is -1.12. The number of rotatable bonds is 8. The highest BCUT2D eigenvalue weighted by Crippen LogP contribution is 2.16. The monoisotopic (exact) mass is 506 g/mol. The molecule has 1 atom stereocenters. The van der Waals surface area contributed by atoms with Crippen LogP contribution in [-0.4, -0.2) is 34.6 Å². The molecule has 0 heterocycles. The van der Waals surface area contributed by atoms with Crippen molar-refractivity contribution in [2.75, 3.05) is 5.73 Å². The van der Waals surface area contributed by atoms with Crippen molar-refractivity contribution in [1.82, 2.24) is 5.32 Å². The molecule has 0 aromatic heterocycles. The van der Waals surface area contributed by atoms with Crippen molar-refractivity contribution < 1.29 is 29.0 Å². The van der Waals surface area contributed by atoms with E-state index in [1.54, 1.807) is 69.3 Å². The van der Waals surface area contributed by atoms with Crippen LogP contribution in [0.25, 0.3) is 0 Å². The fourth-order valence-corrected chi connectivity index (χ4v) is 3.07. The van der Waals surface area contributed by atoms with Gasteiger partial charge in [0.1, 0.15) is 24.0 Å². The second-order valence-electron chi connectivity index (χ2n) is 9.34. The van der Waals surface area contributed by atoms with Crippen LogP contribution in [0.2, 0.25) is 0 Å². The largest absolute Gasteiger partial charge is 0.489 e. The summed E-state index contributed by atoms with van der Waals surface area (Å²) < 4.78 is 10.8. The number of nitrogen functional groups attached to an aromatic ring is 1. The van der Waals surface area contributed by atoms with Crippen molar-refractivity contribution in [3.8, 4) is 5.75 Å². The van der Waals surface area contributed by atoms with E-state index in [1.165, 1.54) is 6.92 Å². The lowest BCUT2D eigenvalue weighted by Gasteiger charge is -2.22. The molecule has 1 amide bonds. The SMILES string of the molecule is CC(=O)c1ccc(N)cc1.CC(C)(C)OC(=O)N[C@@H](Cc1ccc(OCc2ccccc2)cc1)C(=O)O. The molecular formula is C29H34N2O6. The molecule has 0 bridgehead atoms. The van der Waals surface area contributed by atoms with Gasteiger partial charge in [-0.1, -0.05) is 42.5 Å². The molecule has 0 aliphatic rings.